The fraction of sp³-hybridized carbons (Fsp3) is 0. The lowest BCUT2D eigenvalue weighted by Gasteiger charge is -2.02. The van der Waals surface area contributed by atoms with E-state index < -0.39 is 0 Å². The largest absolute Gasteiger partial charge is 0.508 e. The van der Waals surface area contributed by atoms with Gasteiger partial charge < -0.3 is 15.3 Å². The number of rotatable bonds is 2. The lowest BCUT2D eigenvalue weighted by atomic mass is 10.1. The van der Waals surface area contributed by atoms with Gasteiger partial charge in [-0.2, -0.15) is 0 Å². The quantitative estimate of drug-likeness (QED) is 0.741. The Morgan fingerprint density at radius 1 is 0.778 bits per heavy atom. The maximum Gasteiger partial charge on any atom is 0.134 e. The summed E-state index contributed by atoms with van der Waals surface area (Å²) in [6, 6.07) is 9.81. The number of hydrogen-bond acceptors (Lipinski definition) is 3. The van der Waals surface area contributed by atoms with E-state index in [0.717, 1.165) is 5.56 Å². The van der Waals surface area contributed by atoms with E-state index in [0.29, 0.717) is 5.56 Å². The lowest BCUT2D eigenvalue weighted by molar-refractivity contribution is 0.444. The maximum atomic E-state index is 9.54. The number of halogens is 1. The van der Waals surface area contributed by atoms with Gasteiger partial charge in [0, 0.05) is 0 Å². The van der Waals surface area contributed by atoms with E-state index in [-0.39, 0.29) is 21.7 Å². The molecule has 0 aromatic heterocycles. The van der Waals surface area contributed by atoms with Gasteiger partial charge >= 0.3 is 0 Å². The standard InChI is InChI=1S/C14H11BrO3/c15-14-12(17)7-10(8-13(14)18)2-1-9-3-5-11(16)6-4-9/h1-8,16-18H. The number of hydrogen-bond donors (Lipinski definition) is 3. The van der Waals surface area contributed by atoms with Crippen molar-refractivity contribution in [2.24, 2.45) is 0 Å². The molecule has 0 heterocycles. The summed E-state index contributed by atoms with van der Waals surface area (Å²) in [5.41, 5.74) is 1.59. The van der Waals surface area contributed by atoms with Crippen LogP contribution in [0.5, 0.6) is 17.2 Å². The molecule has 92 valence electrons. The van der Waals surface area contributed by atoms with Crippen molar-refractivity contribution in [3.05, 3.63) is 52.0 Å². The Bertz CT molecular complexity index is 565. The normalized spacial score (nSPS) is 10.9. The molecule has 0 aliphatic rings. The number of phenolic OH excluding ortho intramolecular Hbond substituents is 3. The van der Waals surface area contributed by atoms with Crippen LogP contribution in [0.3, 0.4) is 0 Å². The second-order valence-corrected chi connectivity index (χ2v) is 4.59. The molecular formula is C14H11BrO3. The minimum Gasteiger partial charge on any atom is -0.508 e. The van der Waals surface area contributed by atoms with Gasteiger partial charge in [-0.15, -0.1) is 0 Å². The number of benzene rings is 2. The Kier molecular flexibility index (Phi) is 3.58. The average Bonchev–Trinajstić information content (AvgIpc) is 2.35. The molecule has 0 unspecified atom stereocenters. The predicted octanol–water partition coefficient (Wildman–Crippen LogP) is 3.74. The van der Waals surface area contributed by atoms with Gasteiger partial charge in [0.1, 0.15) is 21.7 Å². The molecule has 0 fully saturated rings. The van der Waals surface area contributed by atoms with Crippen LogP contribution < -0.4 is 0 Å². The third-order valence-electron chi connectivity index (χ3n) is 2.42. The average molecular weight is 307 g/mol. The van der Waals surface area contributed by atoms with Crippen molar-refractivity contribution in [1.82, 2.24) is 0 Å². The minimum absolute atomic E-state index is 0.0136. The van der Waals surface area contributed by atoms with Crippen LogP contribution in [-0.2, 0) is 0 Å². The van der Waals surface area contributed by atoms with Crippen LogP contribution in [0.4, 0.5) is 0 Å². The van der Waals surface area contributed by atoms with Crippen molar-refractivity contribution < 1.29 is 15.3 Å². The topological polar surface area (TPSA) is 60.7 Å². The van der Waals surface area contributed by atoms with E-state index in [2.05, 4.69) is 15.9 Å². The monoisotopic (exact) mass is 306 g/mol. The Morgan fingerprint density at radius 3 is 1.83 bits per heavy atom. The van der Waals surface area contributed by atoms with Crippen LogP contribution in [0.1, 0.15) is 11.1 Å². The van der Waals surface area contributed by atoms with E-state index in [1.807, 2.05) is 6.08 Å². The summed E-state index contributed by atoms with van der Waals surface area (Å²) in [6.45, 7) is 0. The second-order valence-electron chi connectivity index (χ2n) is 3.80. The lowest BCUT2D eigenvalue weighted by Crippen LogP contribution is -1.77. The Balaban J connectivity index is 2.26. The Hall–Kier alpha value is -1.94. The van der Waals surface area contributed by atoms with Gasteiger partial charge in [-0.25, -0.2) is 0 Å². The molecule has 0 atom stereocenters. The van der Waals surface area contributed by atoms with E-state index in [1.165, 1.54) is 0 Å². The number of aromatic hydroxyl groups is 3. The summed E-state index contributed by atoms with van der Waals surface area (Å²) in [5, 5.41) is 28.2. The van der Waals surface area contributed by atoms with Gasteiger partial charge in [0.15, 0.2) is 0 Å². The first-order valence-electron chi connectivity index (χ1n) is 5.25. The molecule has 2 aromatic carbocycles. The van der Waals surface area contributed by atoms with Crippen molar-refractivity contribution >= 4 is 28.1 Å². The summed E-state index contributed by atoms with van der Waals surface area (Å²) in [4.78, 5) is 0. The molecule has 2 rings (SSSR count). The molecule has 0 aliphatic carbocycles. The van der Waals surface area contributed by atoms with Gasteiger partial charge in [0.05, 0.1) is 0 Å². The highest BCUT2D eigenvalue weighted by molar-refractivity contribution is 9.10. The molecule has 0 amide bonds. The van der Waals surface area contributed by atoms with Crippen molar-refractivity contribution in [3.63, 3.8) is 0 Å². The molecule has 0 saturated heterocycles. The van der Waals surface area contributed by atoms with E-state index in [1.54, 1.807) is 42.5 Å². The van der Waals surface area contributed by atoms with Crippen LogP contribution in [0.2, 0.25) is 0 Å². The zero-order chi connectivity index (χ0) is 13.1. The molecular weight excluding hydrogens is 296 g/mol. The van der Waals surface area contributed by atoms with E-state index >= 15 is 0 Å². The summed E-state index contributed by atoms with van der Waals surface area (Å²) in [7, 11) is 0. The third-order valence-corrected chi connectivity index (χ3v) is 3.23. The van der Waals surface area contributed by atoms with Crippen LogP contribution in [0.25, 0.3) is 12.2 Å². The smallest absolute Gasteiger partial charge is 0.134 e. The predicted molar refractivity (Wildman–Crippen MR) is 74.5 cm³/mol. The first-order chi connectivity index (χ1) is 8.56. The molecule has 4 heteroatoms. The van der Waals surface area contributed by atoms with E-state index in [4.69, 9.17) is 5.11 Å². The first-order valence-corrected chi connectivity index (χ1v) is 6.04. The fourth-order valence-corrected chi connectivity index (χ4v) is 1.72. The third kappa shape index (κ3) is 2.84. The molecule has 2 aromatic rings. The highest BCUT2D eigenvalue weighted by Gasteiger charge is 2.04. The molecule has 3 nitrogen and oxygen atoms in total. The molecule has 3 N–H and O–H groups in total. The van der Waals surface area contributed by atoms with Gasteiger partial charge in [-0.05, 0) is 51.3 Å². The van der Waals surface area contributed by atoms with Gasteiger partial charge in [-0.3, -0.25) is 0 Å². The second kappa shape index (κ2) is 5.14. The Morgan fingerprint density at radius 2 is 1.28 bits per heavy atom. The van der Waals surface area contributed by atoms with Gasteiger partial charge in [0.2, 0.25) is 0 Å². The van der Waals surface area contributed by atoms with E-state index in [9.17, 15) is 10.2 Å². The zero-order valence-electron chi connectivity index (χ0n) is 9.34. The molecule has 0 aliphatic heterocycles. The summed E-state index contributed by atoms with van der Waals surface area (Å²) in [5.74, 6) is 0.187. The minimum atomic E-state index is -0.0136. The summed E-state index contributed by atoms with van der Waals surface area (Å²) in [6.07, 6.45) is 3.58. The molecule has 0 bridgehead atoms. The summed E-state index contributed by atoms with van der Waals surface area (Å²) >= 11 is 3.07. The van der Waals surface area contributed by atoms with Crippen molar-refractivity contribution in [3.8, 4) is 17.2 Å². The summed E-state index contributed by atoms with van der Waals surface area (Å²) < 4.78 is 0.282. The van der Waals surface area contributed by atoms with Crippen LogP contribution in [-0.4, -0.2) is 15.3 Å². The highest BCUT2D eigenvalue weighted by Crippen LogP contribution is 2.34. The van der Waals surface area contributed by atoms with Crippen molar-refractivity contribution in [2.75, 3.05) is 0 Å². The van der Waals surface area contributed by atoms with Crippen LogP contribution in [0, 0.1) is 0 Å². The highest BCUT2D eigenvalue weighted by atomic mass is 79.9. The van der Waals surface area contributed by atoms with Gasteiger partial charge in [-0.1, -0.05) is 24.3 Å². The number of phenols is 3. The van der Waals surface area contributed by atoms with Gasteiger partial charge in [0.25, 0.3) is 0 Å². The SMILES string of the molecule is Oc1ccc(C=Cc2cc(O)c(Br)c(O)c2)cc1. The van der Waals surface area contributed by atoms with Crippen LogP contribution in [0.15, 0.2) is 40.9 Å². The fourth-order valence-electron chi connectivity index (χ4n) is 1.49. The Labute approximate surface area is 113 Å². The molecule has 0 spiro atoms. The molecule has 18 heavy (non-hydrogen) atoms. The molecule has 0 saturated carbocycles. The maximum absolute atomic E-state index is 9.54. The first kappa shape index (κ1) is 12.5. The molecule has 0 radical (unpaired) electrons. The van der Waals surface area contributed by atoms with Crippen molar-refractivity contribution in [1.29, 1.82) is 0 Å². The van der Waals surface area contributed by atoms with Crippen molar-refractivity contribution in [2.45, 2.75) is 0 Å². The van der Waals surface area contributed by atoms with Crippen LogP contribution >= 0.6 is 15.9 Å². The zero-order valence-corrected chi connectivity index (χ0v) is 10.9.